The summed E-state index contributed by atoms with van der Waals surface area (Å²) in [6, 6.07) is 8.38. The van der Waals surface area contributed by atoms with Crippen molar-refractivity contribution in [1.82, 2.24) is 10.3 Å². The van der Waals surface area contributed by atoms with E-state index in [1.54, 1.807) is 5.38 Å². The van der Waals surface area contributed by atoms with Crippen molar-refractivity contribution in [2.24, 2.45) is 5.73 Å². The maximum atomic E-state index is 12.2. The van der Waals surface area contributed by atoms with Crippen LogP contribution >= 0.6 is 23.7 Å². The smallest absolute Gasteiger partial charge is 0.270 e. The Morgan fingerprint density at radius 1 is 1.39 bits per heavy atom. The predicted molar refractivity (Wildman–Crippen MR) is 98.7 cm³/mol. The van der Waals surface area contributed by atoms with Crippen LogP contribution in [0.2, 0.25) is 0 Å². The summed E-state index contributed by atoms with van der Waals surface area (Å²) in [5.74, 6) is -0.125. The molecule has 0 bridgehead atoms. The molecular weight excluding hydrogens is 330 g/mol. The molecule has 0 aliphatic heterocycles. The van der Waals surface area contributed by atoms with Crippen molar-refractivity contribution < 1.29 is 4.79 Å². The van der Waals surface area contributed by atoms with Crippen molar-refractivity contribution >= 4 is 29.7 Å². The highest BCUT2D eigenvalue weighted by atomic mass is 35.5. The first-order valence-corrected chi connectivity index (χ1v) is 8.30. The molecule has 0 aliphatic carbocycles. The van der Waals surface area contributed by atoms with Crippen molar-refractivity contribution in [3.05, 3.63) is 51.5 Å². The second kappa shape index (κ2) is 8.43. The van der Waals surface area contributed by atoms with Gasteiger partial charge in [-0.15, -0.1) is 23.7 Å². The number of amides is 1. The molecule has 0 radical (unpaired) electrons. The Morgan fingerprint density at radius 2 is 2.13 bits per heavy atom. The summed E-state index contributed by atoms with van der Waals surface area (Å²) >= 11 is 1.48. The molecule has 3 N–H and O–H groups in total. The lowest BCUT2D eigenvalue weighted by atomic mass is 9.84. The van der Waals surface area contributed by atoms with Crippen LogP contribution in [0.15, 0.2) is 29.6 Å². The van der Waals surface area contributed by atoms with E-state index in [4.69, 9.17) is 5.73 Å². The quantitative estimate of drug-likeness (QED) is 0.838. The lowest BCUT2D eigenvalue weighted by molar-refractivity contribution is 0.0941. The summed E-state index contributed by atoms with van der Waals surface area (Å²) in [6.07, 6.45) is 0.715. The standard InChI is InChI=1S/C17H23N3OS.ClH/c1-12-5-4-6-13(9-12)17(2,3)11-19-16(21)14-10-22-15(20-14)7-8-18;/h4-6,9-10H,7-8,11,18H2,1-3H3,(H,19,21);1H. The molecule has 126 valence electrons. The second-order valence-electron chi connectivity index (χ2n) is 6.10. The number of halogens is 1. The summed E-state index contributed by atoms with van der Waals surface area (Å²) < 4.78 is 0. The molecule has 1 amide bonds. The van der Waals surface area contributed by atoms with E-state index in [1.165, 1.54) is 22.5 Å². The Bertz CT molecular complexity index is 655. The maximum absolute atomic E-state index is 12.2. The Labute approximate surface area is 147 Å². The van der Waals surface area contributed by atoms with Crippen LogP contribution in [-0.4, -0.2) is 24.0 Å². The number of nitrogens with one attached hydrogen (secondary N) is 1. The fourth-order valence-corrected chi connectivity index (χ4v) is 3.01. The van der Waals surface area contributed by atoms with Gasteiger partial charge >= 0.3 is 0 Å². The van der Waals surface area contributed by atoms with Gasteiger partial charge in [-0.05, 0) is 19.0 Å². The van der Waals surface area contributed by atoms with Crippen LogP contribution in [0.25, 0.3) is 0 Å². The van der Waals surface area contributed by atoms with Gasteiger partial charge in [0, 0.05) is 23.8 Å². The highest BCUT2D eigenvalue weighted by Gasteiger charge is 2.22. The van der Waals surface area contributed by atoms with Gasteiger partial charge in [0.15, 0.2) is 0 Å². The van der Waals surface area contributed by atoms with Gasteiger partial charge in [0.25, 0.3) is 5.91 Å². The summed E-state index contributed by atoms with van der Waals surface area (Å²) in [5, 5.41) is 5.69. The molecule has 0 saturated carbocycles. The third kappa shape index (κ3) is 5.30. The average molecular weight is 354 g/mol. The van der Waals surface area contributed by atoms with Crippen LogP contribution in [-0.2, 0) is 11.8 Å². The fraction of sp³-hybridized carbons (Fsp3) is 0.412. The first kappa shape index (κ1) is 19.6. The Morgan fingerprint density at radius 3 is 2.78 bits per heavy atom. The molecule has 1 aromatic heterocycles. The maximum Gasteiger partial charge on any atom is 0.270 e. The van der Waals surface area contributed by atoms with Crippen molar-refractivity contribution in [1.29, 1.82) is 0 Å². The molecule has 1 aromatic carbocycles. The van der Waals surface area contributed by atoms with Crippen molar-refractivity contribution in [3.63, 3.8) is 0 Å². The SMILES string of the molecule is Cc1cccc(C(C)(C)CNC(=O)c2csc(CCN)n2)c1.Cl. The monoisotopic (exact) mass is 353 g/mol. The Balaban J connectivity index is 0.00000264. The van der Waals surface area contributed by atoms with E-state index in [2.05, 4.69) is 49.3 Å². The number of aromatic nitrogens is 1. The number of nitrogens with zero attached hydrogens (tertiary/aromatic N) is 1. The van der Waals surface area contributed by atoms with Crippen LogP contribution in [0.3, 0.4) is 0 Å². The first-order chi connectivity index (χ1) is 10.4. The van der Waals surface area contributed by atoms with Gasteiger partial charge in [-0.1, -0.05) is 43.7 Å². The molecule has 0 unspecified atom stereocenters. The van der Waals surface area contributed by atoms with Gasteiger partial charge in [0.1, 0.15) is 5.69 Å². The molecule has 2 aromatic rings. The van der Waals surface area contributed by atoms with E-state index in [0.29, 0.717) is 25.2 Å². The minimum Gasteiger partial charge on any atom is -0.350 e. The highest BCUT2D eigenvalue weighted by molar-refractivity contribution is 7.09. The van der Waals surface area contributed by atoms with Crippen molar-refractivity contribution in [2.45, 2.75) is 32.6 Å². The molecule has 23 heavy (non-hydrogen) atoms. The molecule has 0 fully saturated rings. The van der Waals surface area contributed by atoms with E-state index in [9.17, 15) is 4.79 Å². The number of rotatable bonds is 6. The molecule has 0 saturated heterocycles. The zero-order valence-corrected chi connectivity index (χ0v) is 15.4. The van der Waals surface area contributed by atoms with Crippen molar-refractivity contribution in [3.8, 4) is 0 Å². The minimum atomic E-state index is -0.127. The largest absolute Gasteiger partial charge is 0.350 e. The van der Waals surface area contributed by atoms with Crippen LogP contribution < -0.4 is 11.1 Å². The fourth-order valence-electron chi connectivity index (χ4n) is 2.21. The van der Waals surface area contributed by atoms with Crippen LogP contribution in [0.4, 0.5) is 0 Å². The lowest BCUT2D eigenvalue weighted by Gasteiger charge is -2.26. The predicted octanol–water partition coefficient (Wildman–Crippen LogP) is 3.08. The first-order valence-electron chi connectivity index (χ1n) is 7.42. The number of carbonyl (C=O) groups excluding carboxylic acids is 1. The number of benzene rings is 1. The highest BCUT2D eigenvalue weighted by Crippen LogP contribution is 2.23. The normalized spacial score (nSPS) is 11.0. The molecule has 2 rings (SSSR count). The average Bonchev–Trinajstić information content (AvgIpc) is 2.94. The summed E-state index contributed by atoms with van der Waals surface area (Å²) in [5.41, 5.74) is 8.30. The molecule has 0 atom stereocenters. The van der Waals surface area contributed by atoms with Gasteiger partial charge in [0.05, 0.1) is 5.01 Å². The van der Waals surface area contributed by atoms with Gasteiger partial charge in [-0.3, -0.25) is 4.79 Å². The summed E-state index contributed by atoms with van der Waals surface area (Å²) in [4.78, 5) is 16.5. The van der Waals surface area contributed by atoms with Crippen LogP contribution in [0, 0.1) is 6.92 Å². The molecule has 1 heterocycles. The molecule has 0 spiro atoms. The number of carbonyl (C=O) groups is 1. The van der Waals surface area contributed by atoms with Crippen LogP contribution in [0.5, 0.6) is 0 Å². The van der Waals surface area contributed by atoms with E-state index in [1.807, 2.05) is 6.07 Å². The molecule has 4 nitrogen and oxygen atoms in total. The zero-order chi connectivity index (χ0) is 16.2. The lowest BCUT2D eigenvalue weighted by Crippen LogP contribution is -2.36. The molecular formula is C17H24ClN3OS. The van der Waals surface area contributed by atoms with Gasteiger partial charge in [0.2, 0.25) is 0 Å². The summed E-state index contributed by atoms with van der Waals surface area (Å²) in [7, 11) is 0. The number of thiazole rings is 1. The Kier molecular flexibility index (Phi) is 7.19. The topological polar surface area (TPSA) is 68.0 Å². The number of nitrogens with two attached hydrogens (primary N) is 1. The number of hydrogen-bond donors (Lipinski definition) is 2. The second-order valence-corrected chi connectivity index (χ2v) is 7.04. The van der Waals surface area contributed by atoms with Crippen LogP contribution in [0.1, 0.15) is 40.5 Å². The summed E-state index contributed by atoms with van der Waals surface area (Å²) in [6.45, 7) is 7.45. The van der Waals surface area contributed by atoms with Crippen molar-refractivity contribution in [2.75, 3.05) is 13.1 Å². The molecule has 0 aliphatic rings. The number of hydrogen-bond acceptors (Lipinski definition) is 4. The number of aryl methyl sites for hydroxylation is 1. The van der Waals surface area contributed by atoms with Gasteiger partial charge in [-0.2, -0.15) is 0 Å². The van der Waals surface area contributed by atoms with Gasteiger partial charge in [-0.25, -0.2) is 4.98 Å². The third-order valence-corrected chi connectivity index (χ3v) is 4.54. The van der Waals surface area contributed by atoms with E-state index in [-0.39, 0.29) is 23.7 Å². The Hall–Kier alpha value is -1.43. The van der Waals surface area contributed by atoms with E-state index < -0.39 is 0 Å². The third-order valence-electron chi connectivity index (χ3n) is 3.63. The minimum absolute atomic E-state index is 0. The van der Waals surface area contributed by atoms with Gasteiger partial charge < -0.3 is 11.1 Å². The zero-order valence-electron chi connectivity index (χ0n) is 13.8. The van der Waals surface area contributed by atoms with E-state index in [0.717, 1.165) is 5.01 Å². The van der Waals surface area contributed by atoms with E-state index >= 15 is 0 Å². The molecule has 6 heteroatoms.